The van der Waals surface area contributed by atoms with Crippen LogP contribution >= 0.6 is 0 Å². The van der Waals surface area contributed by atoms with Gasteiger partial charge in [-0.25, -0.2) is 13.6 Å². The Morgan fingerprint density at radius 2 is 1.89 bits per heavy atom. The number of hydrogen-bond donors (Lipinski definition) is 1. The van der Waals surface area contributed by atoms with Gasteiger partial charge < -0.3 is 14.5 Å². The summed E-state index contributed by atoms with van der Waals surface area (Å²) in [6.07, 6.45) is 0. The Labute approximate surface area is 151 Å². The molecule has 0 aliphatic rings. The zero-order valence-corrected chi connectivity index (χ0v) is 14.0. The molecule has 6 nitrogen and oxygen atoms in total. The minimum atomic E-state index is -1.02. The van der Waals surface area contributed by atoms with Gasteiger partial charge in [0.2, 0.25) is 5.76 Å². The van der Waals surface area contributed by atoms with Crippen LogP contribution in [-0.2, 0) is 9.53 Å². The third-order valence-corrected chi connectivity index (χ3v) is 3.62. The molecule has 0 unspecified atom stereocenters. The van der Waals surface area contributed by atoms with Crippen molar-refractivity contribution in [2.24, 2.45) is 0 Å². The van der Waals surface area contributed by atoms with Crippen molar-refractivity contribution in [3.8, 4) is 0 Å². The molecule has 0 radical (unpaired) electrons. The van der Waals surface area contributed by atoms with Crippen molar-refractivity contribution >= 4 is 28.5 Å². The molecule has 1 N–H and O–H groups in total. The van der Waals surface area contributed by atoms with E-state index in [-0.39, 0.29) is 17.0 Å². The van der Waals surface area contributed by atoms with Gasteiger partial charge >= 0.3 is 5.97 Å². The lowest BCUT2D eigenvalue weighted by Gasteiger charge is -2.07. The van der Waals surface area contributed by atoms with Crippen LogP contribution in [0.2, 0.25) is 0 Å². The van der Waals surface area contributed by atoms with Crippen molar-refractivity contribution in [2.75, 3.05) is 11.9 Å². The molecule has 0 atom stereocenters. The minimum absolute atomic E-state index is 0.206. The lowest BCUT2D eigenvalue weighted by atomic mass is 10.1. The molecule has 1 aromatic heterocycles. The Bertz CT molecular complexity index is 1110. The van der Waals surface area contributed by atoms with Crippen LogP contribution in [0.25, 0.3) is 11.0 Å². The first-order valence-corrected chi connectivity index (χ1v) is 7.80. The zero-order valence-electron chi connectivity index (χ0n) is 14.0. The van der Waals surface area contributed by atoms with E-state index in [1.54, 1.807) is 18.2 Å². The van der Waals surface area contributed by atoms with E-state index < -0.39 is 35.5 Å². The quantitative estimate of drug-likeness (QED) is 0.710. The van der Waals surface area contributed by atoms with E-state index >= 15 is 0 Å². The van der Waals surface area contributed by atoms with Crippen LogP contribution in [0.5, 0.6) is 0 Å². The van der Waals surface area contributed by atoms with Crippen LogP contribution in [0.1, 0.15) is 16.1 Å². The molecule has 1 amide bonds. The molecule has 0 fully saturated rings. The third kappa shape index (κ3) is 4.17. The number of amides is 1. The molecular weight excluding hydrogens is 360 g/mol. The molecule has 0 aliphatic carbocycles. The Balaban J connectivity index is 1.68. The second kappa shape index (κ2) is 7.36. The minimum Gasteiger partial charge on any atom is -0.450 e. The maximum absolute atomic E-state index is 13.5. The van der Waals surface area contributed by atoms with E-state index in [9.17, 15) is 23.2 Å². The van der Waals surface area contributed by atoms with Gasteiger partial charge in [-0.05, 0) is 31.2 Å². The van der Waals surface area contributed by atoms with Crippen LogP contribution in [0.4, 0.5) is 14.5 Å². The molecule has 0 saturated heterocycles. The summed E-state index contributed by atoms with van der Waals surface area (Å²) in [5, 5.41) is 2.46. The number of aryl methyl sites for hydroxylation is 1. The molecule has 138 valence electrons. The molecule has 3 aromatic rings. The largest absolute Gasteiger partial charge is 0.450 e. The van der Waals surface area contributed by atoms with Crippen LogP contribution in [0.15, 0.2) is 51.7 Å². The highest BCUT2D eigenvalue weighted by molar-refractivity contribution is 5.95. The van der Waals surface area contributed by atoms with E-state index in [1.165, 1.54) is 0 Å². The fourth-order valence-electron chi connectivity index (χ4n) is 2.35. The van der Waals surface area contributed by atoms with Gasteiger partial charge in [-0.2, -0.15) is 0 Å². The molecule has 0 bridgehead atoms. The van der Waals surface area contributed by atoms with Gasteiger partial charge in [0.1, 0.15) is 17.2 Å². The van der Waals surface area contributed by atoms with Gasteiger partial charge in [-0.3, -0.25) is 9.59 Å². The SMILES string of the molecule is Cc1ccc2oc(C(=O)OCC(=O)Nc3ccc(F)cc3F)cc(=O)c2c1. The number of hydrogen-bond acceptors (Lipinski definition) is 5. The third-order valence-electron chi connectivity index (χ3n) is 3.62. The second-order valence-corrected chi connectivity index (χ2v) is 5.72. The van der Waals surface area contributed by atoms with Gasteiger partial charge in [-0.1, -0.05) is 11.6 Å². The summed E-state index contributed by atoms with van der Waals surface area (Å²) in [5.74, 6) is -3.99. The fourth-order valence-corrected chi connectivity index (χ4v) is 2.35. The summed E-state index contributed by atoms with van der Waals surface area (Å²) in [4.78, 5) is 35.9. The molecule has 0 spiro atoms. The number of nitrogens with one attached hydrogen (secondary N) is 1. The molecule has 0 saturated carbocycles. The first-order valence-electron chi connectivity index (χ1n) is 7.80. The van der Waals surface area contributed by atoms with Gasteiger partial charge in [-0.15, -0.1) is 0 Å². The number of carbonyl (C=O) groups excluding carboxylic acids is 2. The second-order valence-electron chi connectivity index (χ2n) is 5.72. The van der Waals surface area contributed by atoms with Crippen molar-refractivity contribution in [1.29, 1.82) is 0 Å². The average molecular weight is 373 g/mol. The number of anilines is 1. The summed E-state index contributed by atoms with van der Waals surface area (Å²) in [6.45, 7) is 1.06. The van der Waals surface area contributed by atoms with Crippen molar-refractivity contribution < 1.29 is 27.5 Å². The predicted octanol–water partition coefficient (Wildman–Crippen LogP) is 3.18. The Hall–Kier alpha value is -3.55. The molecule has 8 heteroatoms. The molecule has 27 heavy (non-hydrogen) atoms. The molecule has 1 heterocycles. The molecule has 3 rings (SSSR count). The van der Waals surface area contributed by atoms with Gasteiger partial charge in [0.15, 0.2) is 12.0 Å². The molecular formula is C19H13F2NO5. The first kappa shape index (κ1) is 18.2. The zero-order chi connectivity index (χ0) is 19.6. The van der Waals surface area contributed by atoms with Gasteiger partial charge in [0.05, 0.1) is 11.1 Å². The number of rotatable bonds is 4. The standard InChI is InChI=1S/C19H13F2NO5/c1-10-2-5-16-12(6-10)15(23)8-17(27-16)19(25)26-9-18(24)22-14-4-3-11(20)7-13(14)21/h2-8H,9H2,1H3,(H,22,24). The lowest BCUT2D eigenvalue weighted by molar-refractivity contribution is -0.119. The highest BCUT2D eigenvalue weighted by Gasteiger charge is 2.16. The van der Waals surface area contributed by atoms with Crippen molar-refractivity contribution in [3.63, 3.8) is 0 Å². The maximum atomic E-state index is 13.5. The van der Waals surface area contributed by atoms with Crippen molar-refractivity contribution in [1.82, 2.24) is 0 Å². The Kier molecular flexibility index (Phi) is 4.98. The maximum Gasteiger partial charge on any atom is 0.374 e. The van der Waals surface area contributed by atoms with E-state index in [2.05, 4.69) is 5.32 Å². The summed E-state index contributed by atoms with van der Waals surface area (Å²) < 4.78 is 36.4. The summed E-state index contributed by atoms with van der Waals surface area (Å²) in [7, 11) is 0. The number of fused-ring (bicyclic) bond motifs is 1. The Morgan fingerprint density at radius 1 is 1.11 bits per heavy atom. The number of benzene rings is 2. The van der Waals surface area contributed by atoms with Crippen LogP contribution < -0.4 is 10.7 Å². The first-order chi connectivity index (χ1) is 12.8. The number of carbonyl (C=O) groups is 2. The average Bonchev–Trinajstić information content (AvgIpc) is 2.62. The normalized spacial score (nSPS) is 10.6. The van der Waals surface area contributed by atoms with Crippen LogP contribution in [0, 0.1) is 18.6 Å². The summed E-state index contributed by atoms with van der Waals surface area (Å²) >= 11 is 0. The monoisotopic (exact) mass is 373 g/mol. The topological polar surface area (TPSA) is 85.6 Å². The van der Waals surface area contributed by atoms with Crippen LogP contribution in [0.3, 0.4) is 0 Å². The predicted molar refractivity (Wildman–Crippen MR) is 92.5 cm³/mol. The van der Waals surface area contributed by atoms with E-state index in [1.807, 2.05) is 6.92 Å². The highest BCUT2D eigenvalue weighted by Crippen LogP contribution is 2.16. The van der Waals surface area contributed by atoms with Crippen LogP contribution in [-0.4, -0.2) is 18.5 Å². The summed E-state index contributed by atoms with van der Waals surface area (Å²) in [5.41, 5.74) is 0.377. The van der Waals surface area contributed by atoms with E-state index in [0.29, 0.717) is 11.5 Å². The van der Waals surface area contributed by atoms with Gasteiger partial charge in [0, 0.05) is 12.1 Å². The van der Waals surface area contributed by atoms with Crippen molar-refractivity contribution in [3.05, 3.63) is 75.6 Å². The Morgan fingerprint density at radius 3 is 2.63 bits per heavy atom. The van der Waals surface area contributed by atoms with E-state index in [4.69, 9.17) is 9.15 Å². The van der Waals surface area contributed by atoms with Gasteiger partial charge in [0.25, 0.3) is 5.91 Å². The number of ether oxygens (including phenoxy) is 1. The molecule has 0 aliphatic heterocycles. The molecule has 2 aromatic carbocycles. The number of halogens is 2. The van der Waals surface area contributed by atoms with Crippen molar-refractivity contribution in [2.45, 2.75) is 6.92 Å². The highest BCUT2D eigenvalue weighted by atomic mass is 19.1. The van der Waals surface area contributed by atoms with E-state index in [0.717, 1.165) is 23.8 Å². The lowest BCUT2D eigenvalue weighted by Crippen LogP contribution is -2.22. The summed E-state index contributed by atoms with van der Waals surface area (Å²) in [6, 6.07) is 8.47. The fraction of sp³-hybridized carbons (Fsp3) is 0.105. The smallest absolute Gasteiger partial charge is 0.374 e. The number of esters is 1.